The predicted octanol–water partition coefficient (Wildman–Crippen LogP) is -0.124. The number of H-pyrrole nitrogens is 1. The second-order valence-electron chi connectivity index (χ2n) is 3.03. The van der Waals surface area contributed by atoms with Gasteiger partial charge < -0.3 is 15.2 Å². The van der Waals surface area contributed by atoms with Crippen molar-refractivity contribution >= 4 is 11.2 Å². The second-order valence-corrected chi connectivity index (χ2v) is 3.03. The van der Waals surface area contributed by atoms with Gasteiger partial charge in [0.25, 0.3) is 0 Å². The first-order valence-corrected chi connectivity index (χ1v) is 4.28. The normalized spacial score (nSPS) is 14.7. The molecule has 0 aliphatic rings. The van der Waals surface area contributed by atoms with Gasteiger partial charge in [0, 0.05) is 6.20 Å². The Morgan fingerprint density at radius 1 is 1.47 bits per heavy atom. The van der Waals surface area contributed by atoms with Crippen LogP contribution in [0.3, 0.4) is 0 Å². The van der Waals surface area contributed by atoms with Gasteiger partial charge in [-0.1, -0.05) is 0 Å². The lowest BCUT2D eigenvalue weighted by molar-refractivity contribution is 0.0498. The van der Waals surface area contributed by atoms with Gasteiger partial charge in [0.2, 0.25) is 0 Å². The molecule has 0 amide bonds. The van der Waals surface area contributed by atoms with Crippen LogP contribution in [0.2, 0.25) is 0 Å². The summed E-state index contributed by atoms with van der Waals surface area (Å²) < 4.78 is 0. The van der Waals surface area contributed by atoms with E-state index in [2.05, 4.69) is 15.0 Å². The number of nitrogens with one attached hydrogen (secondary N) is 1. The van der Waals surface area contributed by atoms with Crippen LogP contribution < -0.4 is 0 Å². The lowest BCUT2D eigenvalue weighted by atomic mass is 10.1. The van der Waals surface area contributed by atoms with E-state index < -0.39 is 12.2 Å². The monoisotopic (exact) mass is 204 g/mol. The van der Waals surface area contributed by atoms with Crippen LogP contribution in [0.5, 0.6) is 0 Å². The minimum absolute atomic E-state index is 0.177. The number of fused-ring (bicyclic) bond motifs is 1. The summed E-state index contributed by atoms with van der Waals surface area (Å²) in [5.74, 6) is 0. The lowest BCUT2D eigenvalue weighted by Gasteiger charge is -2.09. The maximum atomic E-state index is 9.50. The topological polar surface area (TPSA) is 106 Å². The van der Waals surface area contributed by atoms with Crippen LogP contribution in [0.1, 0.15) is 11.8 Å². The largest absolute Gasteiger partial charge is 0.383 e. The van der Waals surface area contributed by atoms with E-state index in [0.29, 0.717) is 11.2 Å². The van der Waals surface area contributed by atoms with Crippen LogP contribution in [0.25, 0.3) is 11.2 Å². The third kappa shape index (κ3) is 1.66. The molecule has 0 saturated carbocycles. The Hall–Kier alpha value is -1.97. The summed E-state index contributed by atoms with van der Waals surface area (Å²) in [5.41, 5.74) is 1.35. The highest BCUT2D eigenvalue weighted by Crippen LogP contribution is 2.15. The zero-order chi connectivity index (χ0) is 10.8. The number of hydrogen-bond donors (Lipinski definition) is 3. The zero-order valence-electron chi connectivity index (χ0n) is 7.62. The first-order valence-electron chi connectivity index (χ1n) is 4.28. The number of aliphatic hydroxyl groups excluding tert-OH is 2. The third-order valence-corrected chi connectivity index (χ3v) is 2.01. The Kier molecular flexibility index (Phi) is 2.33. The molecule has 0 aliphatic heterocycles. The number of aromatic nitrogens is 3. The first kappa shape index (κ1) is 9.58. The first-order chi connectivity index (χ1) is 7.22. The standard InChI is InChI=1S/C9H8N4O2/c10-3-7(14)8(15)6-4-12-9-5(13-6)1-2-11-9/h1-2,4,7-8,14-15H,(H,11,12). The van der Waals surface area contributed by atoms with Gasteiger partial charge in [0.05, 0.1) is 18.0 Å². The highest BCUT2D eigenvalue weighted by Gasteiger charge is 2.19. The number of nitriles is 1. The highest BCUT2D eigenvalue weighted by atomic mass is 16.3. The van der Waals surface area contributed by atoms with Gasteiger partial charge in [-0.15, -0.1) is 0 Å². The van der Waals surface area contributed by atoms with Crippen molar-refractivity contribution in [1.29, 1.82) is 5.26 Å². The fraction of sp³-hybridized carbons (Fsp3) is 0.222. The predicted molar refractivity (Wildman–Crippen MR) is 50.5 cm³/mol. The summed E-state index contributed by atoms with van der Waals surface area (Å²) in [6.07, 6.45) is 0.170. The highest BCUT2D eigenvalue weighted by molar-refractivity contribution is 5.69. The van der Waals surface area contributed by atoms with Gasteiger partial charge >= 0.3 is 0 Å². The quantitative estimate of drug-likeness (QED) is 0.591. The number of rotatable bonds is 2. The molecule has 0 saturated heterocycles. The number of aliphatic hydroxyl groups is 2. The van der Waals surface area contributed by atoms with Crippen molar-refractivity contribution in [1.82, 2.24) is 15.0 Å². The van der Waals surface area contributed by atoms with Gasteiger partial charge in [-0.05, 0) is 6.07 Å². The fourth-order valence-electron chi connectivity index (χ4n) is 1.22. The van der Waals surface area contributed by atoms with Crippen molar-refractivity contribution in [3.05, 3.63) is 24.2 Å². The van der Waals surface area contributed by atoms with Crippen molar-refractivity contribution in [2.24, 2.45) is 0 Å². The summed E-state index contributed by atoms with van der Waals surface area (Å²) in [6.45, 7) is 0. The van der Waals surface area contributed by atoms with Crippen molar-refractivity contribution in [3.8, 4) is 6.07 Å². The Labute approximate surface area is 84.8 Å². The van der Waals surface area contributed by atoms with E-state index in [-0.39, 0.29) is 5.69 Å². The molecule has 0 bridgehead atoms. The average Bonchev–Trinajstić information content (AvgIpc) is 2.73. The molecule has 6 nitrogen and oxygen atoms in total. The summed E-state index contributed by atoms with van der Waals surface area (Å²) >= 11 is 0. The minimum atomic E-state index is -1.49. The average molecular weight is 204 g/mol. The van der Waals surface area contributed by atoms with E-state index in [4.69, 9.17) is 10.4 Å². The van der Waals surface area contributed by atoms with Crippen LogP contribution in [0, 0.1) is 11.3 Å². The summed E-state index contributed by atoms with van der Waals surface area (Å²) in [6, 6.07) is 3.23. The molecule has 2 aromatic rings. The molecule has 3 N–H and O–H groups in total. The molecular weight excluding hydrogens is 196 g/mol. The smallest absolute Gasteiger partial charge is 0.172 e. The number of nitrogens with zero attached hydrogens (tertiary/aromatic N) is 3. The molecule has 2 rings (SSSR count). The lowest BCUT2D eigenvalue weighted by Crippen LogP contribution is -2.17. The van der Waals surface area contributed by atoms with Crippen molar-refractivity contribution in [2.75, 3.05) is 0 Å². The van der Waals surface area contributed by atoms with E-state index >= 15 is 0 Å². The van der Waals surface area contributed by atoms with Gasteiger partial charge in [-0.2, -0.15) is 5.26 Å². The Morgan fingerprint density at radius 3 is 3.00 bits per heavy atom. The van der Waals surface area contributed by atoms with E-state index in [1.807, 2.05) is 0 Å². The molecule has 2 aromatic heterocycles. The Bertz CT molecular complexity index is 516. The fourth-order valence-corrected chi connectivity index (χ4v) is 1.22. The molecule has 0 aliphatic carbocycles. The number of aromatic amines is 1. The van der Waals surface area contributed by atoms with Crippen LogP contribution >= 0.6 is 0 Å². The molecule has 76 valence electrons. The van der Waals surface area contributed by atoms with Crippen molar-refractivity contribution in [2.45, 2.75) is 12.2 Å². The van der Waals surface area contributed by atoms with Gasteiger partial charge in [0.15, 0.2) is 11.8 Å². The molecule has 2 atom stereocenters. The molecule has 0 aromatic carbocycles. The van der Waals surface area contributed by atoms with Crippen molar-refractivity contribution in [3.63, 3.8) is 0 Å². The maximum Gasteiger partial charge on any atom is 0.172 e. The van der Waals surface area contributed by atoms with Gasteiger partial charge in [-0.25, -0.2) is 9.97 Å². The number of hydrogen-bond acceptors (Lipinski definition) is 5. The van der Waals surface area contributed by atoms with E-state index in [1.165, 1.54) is 12.3 Å². The van der Waals surface area contributed by atoms with E-state index in [9.17, 15) is 5.11 Å². The molecule has 15 heavy (non-hydrogen) atoms. The van der Waals surface area contributed by atoms with Gasteiger partial charge in [-0.3, -0.25) is 0 Å². The maximum absolute atomic E-state index is 9.50. The minimum Gasteiger partial charge on any atom is -0.383 e. The molecule has 0 spiro atoms. The third-order valence-electron chi connectivity index (χ3n) is 2.01. The van der Waals surface area contributed by atoms with Crippen molar-refractivity contribution < 1.29 is 10.2 Å². The molecule has 0 fully saturated rings. The van der Waals surface area contributed by atoms with Crippen LogP contribution in [-0.4, -0.2) is 31.3 Å². The second kappa shape index (κ2) is 3.65. The molecule has 2 heterocycles. The summed E-state index contributed by atoms with van der Waals surface area (Å²) in [7, 11) is 0. The van der Waals surface area contributed by atoms with Crippen LogP contribution in [0.15, 0.2) is 18.5 Å². The SMILES string of the molecule is N#CC(O)C(O)c1cnc2[nH]ccc2n1. The van der Waals surface area contributed by atoms with Crippen LogP contribution in [-0.2, 0) is 0 Å². The van der Waals surface area contributed by atoms with E-state index in [0.717, 1.165) is 0 Å². The Morgan fingerprint density at radius 2 is 2.27 bits per heavy atom. The van der Waals surface area contributed by atoms with Crippen LogP contribution in [0.4, 0.5) is 0 Å². The molecule has 2 unspecified atom stereocenters. The molecular formula is C9H8N4O2. The zero-order valence-corrected chi connectivity index (χ0v) is 7.62. The summed E-state index contributed by atoms with van der Waals surface area (Å²) in [5, 5.41) is 27.0. The molecule has 6 heteroatoms. The van der Waals surface area contributed by atoms with E-state index in [1.54, 1.807) is 12.3 Å². The Balaban J connectivity index is 2.40. The molecule has 0 radical (unpaired) electrons. The summed E-state index contributed by atoms with van der Waals surface area (Å²) in [4.78, 5) is 10.9. The van der Waals surface area contributed by atoms with Gasteiger partial charge in [0.1, 0.15) is 11.6 Å².